The van der Waals surface area contributed by atoms with Gasteiger partial charge in [0.1, 0.15) is 5.75 Å². The van der Waals surface area contributed by atoms with Crippen molar-refractivity contribution in [2.24, 2.45) is 11.8 Å². The molecule has 5 heteroatoms. The average Bonchev–Trinajstić information content (AvgIpc) is 3.40. The van der Waals surface area contributed by atoms with Crippen molar-refractivity contribution in [3.63, 3.8) is 0 Å². The van der Waals surface area contributed by atoms with Crippen LogP contribution in [0.3, 0.4) is 0 Å². The molecule has 2 N–H and O–H groups in total. The number of carbonyl (C=O) groups is 2. The summed E-state index contributed by atoms with van der Waals surface area (Å²) in [5, 5.41) is 5.86. The third-order valence-corrected chi connectivity index (χ3v) is 4.62. The molecule has 3 rings (SSSR count). The molecule has 2 aromatic rings. The number of rotatable bonds is 6. The fraction of sp³-hybridized carbons (Fsp3) is 0.364. The normalized spacial score (nSPS) is 18.1. The topological polar surface area (TPSA) is 67.4 Å². The number of anilines is 2. The number of aryl methyl sites for hydroxylation is 2. The number of carbonyl (C=O) groups excluding carboxylic acids is 2. The van der Waals surface area contributed by atoms with Crippen molar-refractivity contribution in [1.82, 2.24) is 0 Å². The van der Waals surface area contributed by atoms with Crippen molar-refractivity contribution in [3.05, 3.63) is 53.6 Å². The van der Waals surface area contributed by atoms with E-state index in [0.717, 1.165) is 16.8 Å². The zero-order valence-electron chi connectivity index (χ0n) is 16.2. The van der Waals surface area contributed by atoms with Crippen molar-refractivity contribution >= 4 is 23.2 Å². The Labute approximate surface area is 160 Å². The van der Waals surface area contributed by atoms with Crippen molar-refractivity contribution in [1.29, 1.82) is 0 Å². The minimum atomic E-state index is -0.303. The summed E-state index contributed by atoms with van der Waals surface area (Å²) in [6.45, 7) is 7.82. The monoisotopic (exact) mass is 366 g/mol. The zero-order chi connectivity index (χ0) is 19.6. The first kappa shape index (κ1) is 19.0. The highest BCUT2D eigenvalue weighted by molar-refractivity contribution is 6.03. The Balaban J connectivity index is 1.61. The van der Waals surface area contributed by atoms with E-state index >= 15 is 0 Å². The van der Waals surface area contributed by atoms with Gasteiger partial charge in [-0.05, 0) is 63.4 Å². The van der Waals surface area contributed by atoms with E-state index in [-0.39, 0.29) is 29.8 Å². The van der Waals surface area contributed by atoms with Crippen molar-refractivity contribution in [3.8, 4) is 5.75 Å². The van der Waals surface area contributed by atoms with Crippen LogP contribution in [0.4, 0.5) is 11.4 Å². The highest BCUT2D eigenvalue weighted by Gasteiger charge is 2.48. The molecule has 2 unspecified atom stereocenters. The third-order valence-electron chi connectivity index (χ3n) is 4.62. The van der Waals surface area contributed by atoms with Gasteiger partial charge >= 0.3 is 0 Å². The first-order chi connectivity index (χ1) is 12.8. The molecule has 0 aliphatic heterocycles. The molecule has 1 aliphatic rings. The molecule has 0 radical (unpaired) electrons. The molecule has 27 heavy (non-hydrogen) atoms. The van der Waals surface area contributed by atoms with Gasteiger partial charge in [0.05, 0.1) is 23.6 Å². The Morgan fingerprint density at radius 3 is 2.26 bits per heavy atom. The summed E-state index contributed by atoms with van der Waals surface area (Å²) >= 11 is 0. The number of hydrogen-bond donors (Lipinski definition) is 2. The molecule has 2 amide bonds. The minimum absolute atomic E-state index is 0.0140. The lowest BCUT2D eigenvalue weighted by atomic mass is 10.1. The van der Waals surface area contributed by atoms with Crippen LogP contribution in [0.2, 0.25) is 0 Å². The van der Waals surface area contributed by atoms with Gasteiger partial charge in [0.2, 0.25) is 11.8 Å². The Bertz CT molecular complexity index is 860. The summed E-state index contributed by atoms with van der Waals surface area (Å²) in [6.07, 6.45) is 0.579. The van der Waals surface area contributed by atoms with Gasteiger partial charge in [-0.1, -0.05) is 24.3 Å². The van der Waals surface area contributed by atoms with Crippen LogP contribution in [0.1, 0.15) is 31.4 Å². The van der Waals surface area contributed by atoms with E-state index in [1.165, 1.54) is 0 Å². The highest BCUT2D eigenvalue weighted by Crippen LogP contribution is 2.41. The minimum Gasteiger partial charge on any atom is -0.489 e. The van der Waals surface area contributed by atoms with Gasteiger partial charge in [-0.15, -0.1) is 0 Å². The van der Waals surface area contributed by atoms with Gasteiger partial charge < -0.3 is 15.4 Å². The number of hydrogen-bond acceptors (Lipinski definition) is 3. The molecule has 2 aromatic carbocycles. The van der Waals surface area contributed by atoms with Crippen LogP contribution in [-0.2, 0) is 9.59 Å². The maximum absolute atomic E-state index is 12.6. The molecule has 5 nitrogen and oxygen atoms in total. The molecule has 0 bridgehead atoms. The van der Waals surface area contributed by atoms with Gasteiger partial charge in [-0.2, -0.15) is 0 Å². The molecular formula is C22H26N2O3. The number of para-hydroxylation sites is 2. The number of nitrogens with one attached hydrogen (secondary N) is 2. The fourth-order valence-electron chi connectivity index (χ4n) is 3.02. The second-order valence-corrected chi connectivity index (χ2v) is 7.41. The maximum Gasteiger partial charge on any atom is 0.228 e. The van der Waals surface area contributed by atoms with E-state index < -0.39 is 0 Å². The van der Waals surface area contributed by atoms with E-state index in [0.29, 0.717) is 17.9 Å². The average molecular weight is 366 g/mol. The van der Waals surface area contributed by atoms with Gasteiger partial charge in [0.15, 0.2) is 0 Å². The van der Waals surface area contributed by atoms with Crippen molar-refractivity contribution in [2.75, 3.05) is 10.6 Å². The lowest BCUT2D eigenvalue weighted by Crippen LogP contribution is -2.21. The Kier molecular flexibility index (Phi) is 5.49. The summed E-state index contributed by atoms with van der Waals surface area (Å²) in [5.41, 5.74) is 3.54. The van der Waals surface area contributed by atoms with Crippen LogP contribution in [0.15, 0.2) is 42.5 Å². The lowest BCUT2D eigenvalue weighted by molar-refractivity contribution is -0.122. The molecule has 1 aliphatic carbocycles. The number of benzene rings is 2. The molecule has 0 saturated heterocycles. The number of amides is 2. The molecule has 1 fully saturated rings. The number of ether oxygens (including phenoxy) is 1. The third kappa shape index (κ3) is 4.67. The van der Waals surface area contributed by atoms with Gasteiger partial charge in [0.25, 0.3) is 0 Å². The smallest absolute Gasteiger partial charge is 0.228 e. The first-order valence-corrected chi connectivity index (χ1v) is 9.30. The fourth-order valence-corrected chi connectivity index (χ4v) is 3.02. The van der Waals surface area contributed by atoms with Crippen molar-refractivity contribution in [2.45, 2.75) is 40.2 Å². The van der Waals surface area contributed by atoms with Crippen LogP contribution in [-0.4, -0.2) is 17.9 Å². The standard InChI is InChI=1S/C22H26N2O3/c1-13(2)27-20-8-6-5-7-18(20)23-21(25)16-12-17(16)22(26)24-19-11-14(3)9-10-15(19)4/h5-11,13,16-17H,12H2,1-4H3,(H,23,25)(H,24,26). The summed E-state index contributed by atoms with van der Waals surface area (Å²) in [5.74, 6) is -0.199. The molecule has 0 spiro atoms. The molecule has 0 heterocycles. The SMILES string of the molecule is Cc1ccc(C)c(NC(=O)C2CC2C(=O)Nc2ccccc2OC(C)C)c1. The summed E-state index contributed by atoms with van der Waals surface area (Å²) in [4.78, 5) is 25.1. The van der Waals surface area contributed by atoms with E-state index in [9.17, 15) is 9.59 Å². The summed E-state index contributed by atoms with van der Waals surface area (Å²) in [7, 11) is 0. The second-order valence-electron chi connectivity index (χ2n) is 7.41. The molecule has 0 aromatic heterocycles. The van der Waals surface area contributed by atoms with Crippen LogP contribution in [0, 0.1) is 25.7 Å². The highest BCUT2D eigenvalue weighted by atomic mass is 16.5. The zero-order valence-corrected chi connectivity index (χ0v) is 16.2. The molecule has 1 saturated carbocycles. The first-order valence-electron chi connectivity index (χ1n) is 9.30. The Morgan fingerprint density at radius 1 is 0.963 bits per heavy atom. The Morgan fingerprint density at radius 2 is 1.59 bits per heavy atom. The van der Waals surface area contributed by atoms with E-state index in [4.69, 9.17) is 4.74 Å². The van der Waals surface area contributed by atoms with Crippen LogP contribution < -0.4 is 15.4 Å². The van der Waals surface area contributed by atoms with Crippen LogP contribution in [0.5, 0.6) is 5.75 Å². The molecule has 2 atom stereocenters. The van der Waals surface area contributed by atoms with Gasteiger partial charge in [0, 0.05) is 5.69 Å². The predicted molar refractivity (Wildman–Crippen MR) is 107 cm³/mol. The quantitative estimate of drug-likeness (QED) is 0.801. The van der Waals surface area contributed by atoms with E-state index in [1.54, 1.807) is 0 Å². The van der Waals surface area contributed by atoms with Gasteiger partial charge in [-0.3, -0.25) is 9.59 Å². The Hall–Kier alpha value is -2.82. The predicted octanol–water partition coefficient (Wildman–Crippen LogP) is 4.30. The van der Waals surface area contributed by atoms with Crippen LogP contribution in [0.25, 0.3) is 0 Å². The molecular weight excluding hydrogens is 340 g/mol. The van der Waals surface area contributed by atoms with E-state index in [2.05, 4.69) is 10.6 Å². The van der Waals surface area contributed by atoms with Crippen LogP contribution >= 0.6 is 0 Å². The molecule has 142 valence electrons. The maximum atomic E-state index is 12.6. The summed E-state index contributed by atoms with van der Waals surface area (Å²) in [6, 6.07) is 13.3. The van der Waals surface area contributed by atoms with E-state index in [1.807, 2.05) is 70.2 Å². The van der Waals surface area contributed by atoms with Gasteiger partial charge in [-0.25, -0.2) is 0 Å². The second kappa shape index (κ2) is 7.82. The van der Waals surface area contributed by atoms with Crippen molar-refractivity contribution < 1.29 is 14.3 Å². The summed E-state index contributed by atoms with van der Waals surface area (Å²) < 4.78 is 5.73. The largest absolute Gasteiger partial charge is 0.489 e. The lowest BCUT2D eigenvalue weighted by Gasteiger charge is -2.14.